The maximum atomic E-state index is 13.3. The van der Waals surface area contributed by atoms with Crippen LogP contribution < -0.4 is 10.5 Å². The van der Waals surface area contributed by atoms with Crippen LogP contribution in [0, 0.1) is 13.8 Å². The number of allylic oxidation sites excluding steroid dienone is 1. The van der Waals surface area contributed by atoms with Gasteiger partial charge in [-0.1, -0.05) is 29.8 Å². The number of hydrogen-bond acceptors (Lipinski definition) is 5. The molecule has 0 saturated carbocycles. The number of aromatic nitrogens is 1. The number of ether oxygens (including phenoxy) is 1. The average Bonchev–Trinajstić information content (AvgIpc) is 2.84. The van der Waals surface area contributed by atoms with Gasteiger partial charge in [0.1, 0.15) is 11.4 Å². The monoisotopic (exact) mass is 559 g/mol. The van der Waals surface area contributed by atoms with Crippen molar-refractivity contribution in [1.82, 2.24) is 4.98 Å². The number of pyridine rings is 1. The van der Waals surface area contributed by atoms with Crippen LogP contribution in [0.3, 0.4) is 0 Å². The van der Waals surface area contributed by atoms with E-state index in [-0.39, 0.29) is 6.42 Å². The van der Waals surface area contributed by atoms with Gasteiger partial charge in [0.2, 0.25) is 0 Å². The van der Waals surface area contributed by atoms with Crippen LogP contribution >= 0.6 is 7.60 Å². The van der Waals surface area contributed by atoms with E-state index < -0.39 is 19.7 Å². The molecule has 3 rings (SSSR count). The fourth-order valence-corrected chi connectivity index (χ4v) is 4.81. The van der Waals surface area contributed by atoms with Crippen LogP contribution in [-0.4, -0.2) is 33.8 Å². The number of rotatable bonds is 13. The second-order valence-electron chi connectivity index (χ2n) is 9.89. The zero-order valence-corrected chi connectivity index (χ0v) is 23.5. The molecule has 0 bridgehead atoms. The highest BCUT2D eigenvalue weighted by molar-refractivity contribution is 7.53. The molecule has 3 aromatic rings. The predicted octanol–water partition coefficient (Wildman–Crippen LogP) is 7.51. The summed E-state index contributed by atoms with van der Waals surface area (Å²) in [5.74, 6) is 1.05. The number of aryl methyl sites for hydroxylation is 3. The fourth-order valence-electron chi connectivity index (χ4n) is 4.36. The molecule has 1 aromatic heterocycles. The molecule has 10 heteroatoms. The number of nitrogens with two attached hydrogens (primary N) is 1. The summed E-state index contributed by atoms with van der Waals surface area (Å²) in [4.78, 5) is 26.0. The van der Waals surface area contributed by atoms with Gasteiger partial charge in [-0.2, -0.15) is 8.78 Å². The molecule has 4 N–H and O–H groups in total. The molecule has 0 fully saturated rings. The number of nitrogens with zero attached hydrogens (tertiary/aromatic N) is 2. The number of nitrogen functional groups attached to an aromatic ring is 1. The lowest BCUT2D eigenvalue weighted by Gasteiger charge is -2.17. The summed E-state index contributed by atoms with van der Waals surface area (Å²) in [7, 11) is -5.41. The molecule has 0 aliphatic carbocycles. The second-order valence-corrected chi connectivity index (χ2v) is 11.6. The van der Waals surface area contributed by atoms with Crippen molar-refractivity contribution in [3.63, 3.8) is 0 Å². The molecule has 0 saturated heterocycles. The van der Waals surface area contributed by atoms with Crippen molar-refractivity contribution in [2.75, 3.05) is 12.3 Å². The third-order valence-electron chi connectivity index (χ3n) is 6.65. The van der Waals surface area contributed by atoms with Crippen molar-refractivity contribution in [1.29, 1.82) is 0 Å². The molecule has 0 amide bonds. The quantitative estimate of drug-likeness (QED) is 0.113. The Bertz CT molecular complexity index is 1420. The second kappa shape index (κ2) is 12.8. The molecule has 39 heavy (non-hydrogen) atoms. The van der Waals surface area contributed by atoms with Crippen molar-refractivity contribution >= 4 is 42.8 Å². The minimum absolute atomic E-state index is 0.0121. The Morgan fingerprint density at radius 2 is 1.92 bits per heavy atom. The standard InChI is InChI=1S/C29H36F2N3O4P/c1-19(16-25-24-13-9-20(2)17-26(24)34-28(32)27(25)33-4)8-10-22-11-12-23(18-21(22)3)38-15-7-5-6-14-29(30,31)39(35,36)37/h9,11-13,16-18H,4-8,10,14-15H2,1-3H3,(H2,32,34)(H2,35,36,37). The van der Waals surface area contributed by atoms with Gasteiger partial charge >= 0.3 is 13.3 Å². The number of hydrogen-bond donors (Lipinski definition) is 3. The molecule has 0 aliphatic heterocycles. The first-order chi connectivity index (χ1) is 18.3. The minimum Gasteiger partial charge on any atom is -0.494 e. The molecule has 0 atom stereocenters. The van der Waals surface area contributed by atoms with E-state index in [1.165, 1.54) is 5.56 Å². The number of aliphatic imine (C=N–C) groups is 1. The molecular weight excluding hydrogens is 523 g/mol. The first-order valence-electron chi connectivity index (χ1n) is 12.8. The zero-order chi connectivity index (χ0) is 28.8. The van der Waals surface area contributed by atoms with Crippen LogP contribution in [0.5, 0.6) is 5.75 Å². The molecule has 0 unspecified atom stereocenters. The maximum Gasteiger partial charge on any atom is 0.394 e. The number of halogens is 2. The average molecular weight is 560 g/mol. The highest BCUT2D eigenvalue weighted by Crippen LogP contribution is 2.55. The summed E-state index contributed by atoms with van der Waals surface area (Å²) < 4.78 is 43.2. The number of alkyl halides is 2. The number of benzene rings is 2. The van der Waals surface area contributed by atoms with Gasteiger partial charge in [-0.3, -0.25) is 9.56 Å². The van der Waals surface area contributed by atoms with Crippen LogP contribution in [0.4, 0.5) is 20.3 Å². The number of unbranched alkanes of at least 4 members (excludes halogenated alkanes) is 2. The number of fused-ring (bicyclic) bond motifs is 1. The van der Waals surface area contributed by atoms with Crippen molar-refractivity contribution < 1.29 is 27.9 Å². The Morgan fingerprint density at radius 3 is 2.59 bits per heavy atom. The molecule has 2 aromatic carbocycles. The summed E-state index contributed by atoms with van der Waals surface area (Å²) in [6.45, 7) is 10.1. The highest BCUT2D eigenvalue weighted by atomic mass is 31.2. The smallest absolute Gasteiger partial charge is 0.394 e. The molecule has 7 nitrogen and oxygen atoms in total. The summed E-state index contributed by atoms with van der Waals surface area (Å²) in [6, 6.07) is 11.9. The summed E-state index contributed by atoms with van der Waals surface area (Å²) in [5, 5.41) is 0.977. The minimum atomic E-state index is -5.41. The lowest BCUT2D eigenvalue weighted by atomic mass is 9.98. The topological polar surface area (TPSA) is 118 Å². The van der Waals surface area contributed by atoms with Crippen LogP contribution in [0.2, 0.25) is 0 Å². The van der Waals surface area contributed by atoms with Gasteiger partial charge in [-0.25, -0.2) is 4.98 Å². The first kappa shape index (κ1) is 30.4. The van der Waals surface area contributed by atoms with Gasteiger partial charge in [0, 0.05) is 17.4 Å². The Hall–Kier alpha value is -3.13. The molecule has 0 spiro atoms. The summed E-state index contributed by atoms with van der Waals surface area (Å²) in [6.07, 6.45) is 3.83. The Kier molecular flexibility index (Phi) is 9.99. The van der Waals surface area contributed by atoms with Crippen LogP contribution in [0.15, 0.2) is 47.0 Å². The van der Waals surface area contributed by atoms with Gasteiger partial charge in [0.05, 0.1) is 12.1 Å². The van der Waals surface area contributed by atoms with Crippen molar-refractivity contribution in [2.24, 2.45) is 4.99 Å². The SMILES string of the molecule is C=Nc1c(N)nc2cc(C)ccc2c1C=C(C)CCc1ccc(OCCCCCC(F)(F)P(=O)(O)O)cc1C. The molecule has 0 radical (unpaired) electrons. The van der Waals surface area contributed by atoms with E-state index >= 15 is 0 Å². The van der Waals surface area contributed by atoms with Crippen LogP contribution in [-0.2, 0) is 11.0 Å². The highest BCUT2D eigenvalue weighted by Gasteiger charge is 2.47. The molecule has 210 valence electrons. The van der Waals surface area contributed by atoms with Crippen LogP contribution in [0.1, 0.15) is 61.3 Å². The Labute approximate surface area is 228 Å². The third kappa shape index (κ3) is 7.94. The van der Waals surface area contributed by atoms with E-state index in [1.807, 2.05) is 50.2 Å². The number of anilines is 1. The maximum absolute atomic E-state index is 13.3. The predicted molar refractivity (Wildman–Crippen MR) is 154 cm³/mol. The van der Waals surface area contributed by atoms with E-state index in [9.17, 15) is 13.3 Å². The lowest BCUT2D eigenvalue weighted by Crippen LogP contribution is -2.16. The van der Waals surface area contributed by atoms with E-state index in [4.69, 9.17) is 20.3 Å². The van der Waals surface area contributed by atoms with Crippen molar-refractivity contribution in [3.8, 4) is 5.75 Å². The van der Waals surface area contributed by atoms with E-state index in [2.05, 4.69) is 29.7 Å². The largest absolute Gasteiger partial charge is 0.494 e. The van der Waals surface area contributed by atoms with Gasteiger partial charge in [0.15, 0.2) is 5.82 Å². The van der Waals surface area contributed by atoms with E-state index in [1.54, 1.807) is 0 Å². The fraction of sp³-hybridized carbons (Fsp3) is 0.379. The first-order valence-corrected chi connectivity index (χ1v) is 14.4. The third-order valence-corrected chi connectivity index (χ3v) is 7.73. The molecule has 0 aliphatic rings. The summed E-state index contributed by atoms with van der Waals surface area (Å²) >= 11 is 0. The van der Waals surface area contributed by atoms with Gasteiger partial charge in [-0.15, -0.1) is 0 Å². The van der Waals surface area contributed by atoms with Gasteiger partial charge in [0.25, 0.3) is 0 Å². The van der Waals surface area contributed by atoms with Crippen LogP contribution in [0.25, 0.3) is 17.0 Å². The molecular formula is C29H36F2N3O4P. The van der Waals surface area contributed by atoms with Crippen molar-refractivity contribution in [3.05, 3.63) is 64.2 Å². The lowest BCUT2D eigenvalue weighted by molar-refractivity contribution is 0.0474. The Balaban J connectivity index is 1.57. The normalized spacial score (nSPS) is 12.6. The summed E-state index contributed by atoms with van der Waals surface area (Å²) in [5.41, 5.74) is 9.05. The van der Waals surface area contributed by atoms with E-state index in [0.29, 0.717) is 36.7 Å². The molecule has 1 heterocycles. The van der Waals surface area contributed by atoms with Crippen molar-refractivity contribution in [2.45, 2.75) is 65.0 Å². The van der Waals surface area contributed by atoms with Gasteiger partial charge < -0.3 is 20.3 Å². The van der Waals surface area contributed by atoms with E-state index in [0.717, 1.165) is 46.0 Å². The van der Waals surface area contributed by atoms with Gasteiger partial charge in [-0.05, 0) is 94.5 Å². The Morgan fingerprint density at radius 1 is 1.18 bits per heavy atom. The zero-order valence-electron chi connectivity index (χ0n) is 22.6.